The van der Waals surface area contributed by atoms with Crippen molar-refractivity contribution in [3.63, 3.8) is 0 Å². The number of fused-ring (bicyclic) bond motifs is 1. The van der Waals surface area contributed by atoms with Crippen LogP contribution in [0.25, 0.3) is 0 Å². The van der Waals surface area contributed by atoms with Crippen molar-refractivity contribution in [1.29, 1.82) is 0 Å². The Labute approximate surface area is 77.4 Å². The molecule has 3 nitrogen and oxygen atoms in total. The first-order valence-corrected chi connectivity index (χ1v) is 4.37. The van der Waals surface area contributed by atoms with E-state index in [-0.39, 0.29) is 5.78 Å². The number of hydrogen-bond donors (Lipinski definition) is 2. The second-order valence-electron chi connectivity index (χ2n) is 2.46. The Morgan fingerprint density at radius 2 is 1.92 bits per heavy atom. The van der Waals surface area contributed by atoms with Gasteiger partial charge >= 0.3 is 0 Å². The molecule has 1 aliphatic rings. The number of hydrogen-bond acceptors (Lipinski definition) is 3. The molecule has 0 aliphatic carbocycles. The lowest BCUT2D eigenvalue weighted by Gasteiger charge is -1.97. The molecule has 0 saturated heterocycles. The molecule has 0 radical (unpaired) electrons. The summed E-state index contributed by atoms with van der Waals surface area (Å²) in [5, 5.41) is 11.7. The Hall–Kier alpha value is -1.35. The molecule has 1 aliphatic heterocycles. The van der Waals surface area contributed by atoms with Gasteiger partial charge in [0.15, 0.2) is 6.23 Å². The second-order valence-corrected chi connectivity index (χ2v) is 2.46. The van der Waals surface area contributed by atoms with Crippen molar-refractivity contribution in [3.8, 4) is 0 Å². The summed E-state index contributed by atoms with van der Waals surface area (Å²) in [5.74, 6) is -0.249. The van der Waals surface area contributed by atoms with Crippen molar-refractivity contribution in [2.24, 2.45) is 0 Å². The number of ketones is 1. The van der Waals surface area contributed by atoms with Crippen LogP contribution in [0.2, 0.25) is 0 Å². The molecule has 1 atom stereocenters. The van der Waals surface area contributed by atoms with Crippen LogP contribution < -0.4 is 5.32 Å². The molecule has 13 heavy (non-hydrogen) atoms. The van der Waals surface area contributed by atoms with Gasteiger partial charge in [0.2, 0.25) is 5.78 Å². The van der Waals surface area contributed by atoms with Crippen molar-refractivity contribution < 1.29 is 9.90 Å². The van der Waals surface area contributed by atoms with Crippen molar-refractivity contribution >= 4 is 11.5 Å². The lowest BCUT2D eigenvalue weighted by Crippen LogP contribution is -2.20. The van der Waals surface area contributed by atoms with E-state index in [9.17, 15) is 4.79 Å². The zero-order valence-corrected chi connectivity index (χ0v) is 7.74. The molecule has 1 aromatic carbocycles. The number of anilines is 1. The van der Waals surface area contributed by atoms with Crippen LogP contribution in [0.1, 0.15) is 24.2 Å². The van der Waals surface area contributed by atoms with Crippen LogP contribution in [0.15, 0.2) is 24.3 Å². The monoisotopic (exact) mass is 179 g/mol. The van der Waals surface area contributed by atoms with Crippen molar-refractivity contribution in [3.05, 3.63) is 29.8 Å². The Morgan fingerprint density at radius 3 is 2.54 bits per heavy atom. The SMILES string of the molecule is CC.O=C1c2ccccc2NC1O. The number of rotatable bonds is 0. The third-order valence-electron chi connectivity index (χ3n) is 1.73. The Kier molecular flexibility index (Phi) is 3.03. The van der Waals surface area contributed by atoms with Crippen LogP contribution in [0, 0.1) is 0 Å². The fourth-order valence-electron chi connectivity index (χ4n) is 1.18. The van der Waals surface area contributed by atoms with Crippen LogP contribution in [-0.4, -0.2) is 17.1 Å². The number of para-hydroxylation sites is 1. The van der Waals surface area contributed by atoms with E-state index in [0.717, 1.165) is 0 Å². The van der Waals surface area contributed by atoms with Gasteiger partial charge in [-0.2, -0.15) is 0 Å². The minimum absolute atomic E-state index is 0.249. The zero-order chi connectivity index (χ0) is 9.84. The van der Waals surface area contributed by atoms with Crippen LogP contribution >= 0.6 is 0 Å². The molecule has 0 spiro atoms. The average molecular weight is 179 g/mol. The highest BCUT2D eigenvalue weighted by Gasteiger charge is 2.26. The normalized spacial score (nSPS) is 18.4. The Morgan fingerprint density at radius 1 is 1.31 bits per heavy atom. The number of Topliss-reactive ketones (excluding diaryl/α,β-unsaturated/α-hetero) is 1. The minimum atomic E-state index is -1.05. The summed E-state index contributed by atoms with van der Waals surface area (Å²) in [7, 11) is 0. The third-order valence-corrected chi connectivity index (χ3v) is 1.73. The van der Waals surface area contributed by atoms with Gasteiger partial charge < -0.3 is 10.4 Å². The molecule has 0 amide bonds. The first kappa shape index (κ1) is 9.74. The molecule has 2 rings (SSSR count). The summed E-state index contributed by atoms with van der Waals surface area (Å²) in [6, 6.07) is 7.05. The van der Waals surface area contributed by atoms with Crippen LogP contribution in [-0.2, 0) is 0 Å². The van der Waals surface area contributed by atoms with Gasteiger partial charge in [-0.15, -0.1) is 0 Å². The van der Waals surface area contributed by atoms with E-state index in [1.165, 1.54) is 0 Å². The van der Waals surface area contributed by atoms with E-state index in [1.807, 2.05) is 19.9 Å². The number of aliphatic hydroxyl groups excluding tert-OH is 1. The summed E-state index contributed by atoms with van der Waals surface area (Å²) in [6.45, 7) is 4.00. The van der Waals surface area contributed by atoms with Gasteiger partial charge in [0.1, 0.15) is 0 Å². The fourth-order valence-corrected chi connectivity index (χ4v) is 1.18. The van der Waals surface area contributed by atoms with E-state index in [2.05, 4.69) is 5.32 Å². The van der Waals surface area contributed by atoms with Crippen molar-refractivity contribution in [2.45, 2.75) is 20.1 Å². The summed E-state index contributed by atoms with van der Waals surface area (Å²) in [5.41, 5.74) is 1.28. The second kappa shape index (κ2) is 4.05. The summed E-state index contributed by atoms with van der Waals surface area (Å²) < 4.78 is 0. The van der Waals surface area contributed by atoms with Gasteiger partial charge in [-0.1, -0.05) is 26.0 Å². The lowest BCUT2D eigenvalue weighted by molar-refractivity contribution is 0.0814. The predicted octanol–water partition coefficient (Wildman–Crippen LogP) is 1.64. The van der Waals surface area contributed by atoms with Gasteiger partial charge in [0, 0.05) is 11.3 Å². The van der Waals surface area contributed by atoms with E-state index in [1.54, 1.807) is 18.2 Å². The van der Waals surface area contributed by atoms with Gasteiger partial charge in [-0.25, -0.2) is 0 Å². The molecule has 1 aromatic rings. The first-order chi connectivity index (χ1) is 6.29. The van der Waals surface area contributed by atoms with Gasteiger partial charge in [0.25, 0.3) is 0 Å². The first-order valence-electron chi connectivity index (χ1n) is 4.37. The number of aliphatic hydroxyl groups is 1. The van der Waals surface area contributed by atoms with Crippen molar-refractivity contribution in [2.75, 3.05) is 5.32 Å². The molecule has 2 N–H and O–H groups in total. The van der Waals surface area contributed by atoms with Crippen LogP contribution in [0.5, 0.6) is 0 Å². The molecular formula is C10H13NO2. The summed E-state index contributed by atoms with van der Waals surface area (Å²) in [4.78, 5) is 11.1. The van der Waals surface area contributed by atoms with Crippen LogP contribution in [0.4, 0.5) is 5.69 Å². The Balaban J connectivity index is 0.000000396. The molecule has 3 heteroatoms. The van der Waals surface area contributed by atoms with Crippen LogP contribution in [0.3, 0.4) is 0 Å². The van der Waals surface area contributed by atoms with E-state index in [4.69, 9.17) is 5.11 Å². The largest absolute Gasteiger partial charge is 0.367 e. The molecule has 1 heterocycles. The molecule has 0 aromatic heterocycles. The molecule has 70 valence electrons. The maximum Gasteiger partial charge on any atom is 0.213 e. The predicted molar refractivity (Wildman–Crippen MR) is 51.8 cm³/mol. The zero-order valence-electron chi connectivity index (χ0n) is 7.74. The number of nitrogens with one attached hydrogen (secondary N) is 1. The van der Waals surface area contributed by atoms with Gasteiger partial charge in [-0.3, -0.25) is 4.79 Å². The summed E-state index contributed by atoms with van der Waals surface area (Å²) in [6.07, 6.45) is -1.05. The average Bonchev–Trinajstić information content (AvgIpc) is 2.47. The Bertz CT molecular complexity index is 310. The highest BCUT2D eigenvalue weighted by molar-refractivity contribution is 6.09. The quantitative estimate of drug-likeness (QED) is 0.636. The van der Waals surface area contributed by atoms with E-state index in [0.29, 0.717) is 11.3 Å². The molecular weight excluding hydrogens is 166 g/mol. The maximum atomic E-state index is 11.1. The number of carbonyl (C=O) groups is 1. The topological polar surface area (TPSA) is 49.3 Å². The third kappa shape index (κ3) is 1.70. The maximum absolute atomic E-state index is 11.1. The van der Waals surface area contributed by atoms with Gasteiger partial charge in [-0.05, 0) is 12.1 Å². The molecule has 0 fully saturated rings. The molecule has 0 bridgehead atoms. The van der Waals surface area contributed by atoms with E-state index < -0.39 is 6.23 Å². The molecule has 1 unspecified atom stereocenters. The number of carbonyl (C=O) groups excluding carboxylic acids is 1. The lowest BCUT2D eigenvalue weighted by atomic mass is 10.1. The fraction of sp³-hybridized carbons (Fsp3) is 0.300. The summed E-state index contributed by atoms with van der Waals surface area (Å²) >= 11 is 0. The standard InChI is InChI=1S/C8H7NO2.C2H6/c10-7-5-3-1-2-4-6(5)9-8(7)11;1-2/h1-4,8-9,11H;1-2H3. The smallest absolute Gasteiger partial charge is 0.213 e. The molecule has 0 saturated carbocycles. The number of benzene rings is 1. The van der Waals surface area contributed by atoms with Crippen molar-refractivity contribution in [1.82, 2.24) is 0 Å². The highest BCUT2D eigenvalue weighted by atomic mass is 16.3. The van der Waals surface area contributed by atoms with Gasteiger partial charge in [0.05, 0.1) is 0 Å². The minimum Gasteiger partial charge on any atom is -0.367 e. The van der Waals surface area contributed by atoms with E-state index >= 15 is 0 Å². The highest BCUT2D eigenvalue weighted by Crippen LogP contribution is 2.23.